The number of ether oxygens (including phenoxy) is 4. The first-order valence-corrected chi connectivity index (χ1v) is 23.2. The van der Waals surface area contributed by atoms with Crippen LogP contribution in [0.1, 0.15) is 134 Å². The second-order valence-corrected chi connectivity index (χ2v) is 18.4. The van der Waals surface area contributed by atoms with Crippen LogP contribution in [0.5, 0.6) is 23.0 Å². The van der Waals surface area contributed by atoms with Crippen molar-refractivity contribution in [3.05, 3.63) is 52.8 Å². The van der Waals surface area contributed by atoms with Gasteiger partial charge in [-0.3, -0.25) is 19.4 Å². The van der Waals surface area contributed by atoms with E-state index in [1.165, 1.54) is 78.2 Å². The van der Waals surface area contributed by atoms with E-state index in [0.717, 1.165) is 38.5 Å². The van der Waals surface area contributed by atoms with Crippen molar-refractivity contribution in [3.63, 3.8) is 0 Å². The molecule has 4 aliphatic rings. The van der Waals surface area contributed by atoms with Gasteiger partial charge in [0.15, 0.2) is 5.75 Å². The number of ketones is 1. The number of aliphatic hydroxyl groups excluding tert-OH is 2. The molecule has 0 aliphatic carbocycles. The van der Waals surface area contributed by atoms with Crippen molar-refractivity contribution < 1.29 is 58.9 Å². The number of phenols is 3. The lowest BCUT2D eigenvalue weighted by Crippen LogP contribution is -2.46. The topological polar surface area (TPSA) is 217 Å². The average Bonchev–Trinajstić information content (AvgIpc) is 3.55. The van der Waals surface area contributed by atoms with E-state index in [-0.39, 0.29) is 44.5 Å². The van der Waals surface area contributed by atoms with E-state index in [2.05, 4.69) is 5.32 Å². The van der Waals surface area contributed by atoms with Gasteiger partial charge in [-0.1, -0.05) is 97.3 Å². The number of aromatic hydroxyl groups is 3. The molecule has 2 aromatic carbocycles. The van der Waals surface area contributed by atoms with Crippen molar-refractivity contribution in [2.45, 2.75) is 150 Å². The number of carbonyl (C=O) groups is 3. The number of phenolic OH excluding ortho intramolecular Hbond substituents is 3. The minimum atomic E-state index is -2.04. The van der Waals surface area contributed by atoms with Gasteiger partial charge < -0.3 is 49.8 Å². The lowest BCUT2D eigenvalue weighted by atomic mass is 9.78. The van der Waals surface area contributed by atoms with Gasteiger partial charge in [-0.2, -0.15) is 5.10 Å². The molecule has 0 radical (unpaired) electrons. The van der Waals surface area contributed by atoms with E-state index < -0.39 is 88.8 Å². The third-order valence-electron chi connectivity index (χ3n) is 13.5. The highest BCUT2D eigenvalue weighted by atomic mass is 16.7. The summed E-state index contributed by atoms with van der Waals surface area (Å²) in [7, 11) is 1.45. The molecule has 0 aromatic heterocycles. The van der Waals surface area contributed by atoms with Crippen LogP contribution in [0.2, 0.25) is 0 Å². The number of nitrogens with one attached hydrogen (secondary N) is 1. The summed E-state index contributed by atoms with van der Waals surface area (Å²) in [6.45, 7) is 13.9. The molecule has 1 amide bonds. The number of allylic oxidation sites excluding steroid dienone is 2. The number of amides is 1. The van der Waals surface area contributed by atoms with Crippen LogP contribution in [-0.4, -0.2) is 105 Å². The Bertz CT molecular complexity index is 2150. The van der Waals surface area contributed by atoms with E-state index in [9.17, 15) is 39.9 Å². The lowest BCUT2D eigenvalue weighted by Gasteiger charge is -2.38. The van der Waals surface area contributed by atoms with Gasteiger partial charge in [0.05, 0.1) is 53.0 Å². The molecular formula is C50H71N3O12. The zero-order chi connectivity index (χ0) is 47.7. The summed E-state index contributed by atoms with van der Waals surface area (Å²) in [6, 6.07) is 0. The van der Waals surface area contributed by atoms with Crippen molar-refractivity contribution in [3.8, 4) is 23.0 Å². The second-order valence-electron chi connectivity index (χ2n) is 18.4. The number of rotatable bonds is 4. The summed E-state index contributed by atoms with van der Waals surface area (Å²) in [5.74, 6) is -8.24. The second kappa shape index (κ2) is 22.4. The number of benzene rings is 2. The Morgan fingerprint density at radius 1 is 0.846 bits per heavy atom. The Labute approximate surface area is 383 Å². The Morgan fingerprint density at radius 3 is 2.03 bits per heavy atom. The fraction of sp³-hybridized carbons (Fsp3) is 0.600. The van der Waals surface area contributed by atoms with E-state index in [1.807, 2.05) is 5.01 Å². The molecule has 1 saturated heterocycles. The van der Waals surface area contributed by atoms with Crippen LogP contribution < -0.4 is 10.1 Å². The molecule has 5 bridgehead atoms. The van der Waals surface area contributed by atoms with Gasteiger partial charge in [0, 0.05) is 74.2 Å². The molecular weight excluding hydrogens is 835 g/mol. The van der Waals surface area contributed by atoms with Crippen LogP contribution in [0.3, 0.4) is 0 Å². The number of esters is 1. The number of aliphatic hydroxyl groups is 2. The minimum absolute atomic E-state index is 0.0677. The average molecular weight is 906 g/mol. The van der Waals surface area contributed by atoms with Crippen LogP contribution in [0, 0.1) is 30.6 Å². The number of methoxy groups -OCH3 is 1. The van der Waals surface area contributed by atoms with E-state index >= 15 is 0 Å². The maximum Gasteiger partial charge on any atom is 0.312 e. The Balaban J connectivity index is 1.69. The van der Waals surface area contributed by atoms with Crippen molar-refractivity contribution in [1.29, 1.82) is 0 Å². The Kier molecular flexibility index (Phi) is 17.5. The molecule has 15 heteroatoms. The van der Waals surface area contributed by atoms with Crippen molar-refractivity contribution in [1.82, 2.24) is 5.01 Å². The number of nitrogens with zero attached hydrogens (tertiary/aromatic N) is 2. The number of hydrogen-bond acceptors (Lipinski definition) is 14. The van der Waals surface area contributed by atoms with Gasteiger partial charge in [0.2, 0.25) is 0 Å². The van der Waals surface area contributed by atoms with E-state index in [0.29, 0.717) is 13.1 Å². The fourth-order valence-corrected chi connectivity index (χ4v) is 9.24. The van der Waals surface area contributed by atoms with Gasteiger partial charge in [-0.05, 0) is 32.8 Å². The molecule has 0 saturated carbocycles. The number of hydrazone groups is 1. The molecule has 15 nitrogen and oxygen atoms in total. The monoisotopic (exact) mass is 906 g/mol. The first-order chi connectivity index (χ1) is 30.8. The largest absolute Gasteiger partial charge is 0.507 e. The van der Waals surface area contributed by atoms with E-state index in [1.54, 1.807) is 46.8 Å². The van der Waals surface area contributed by atoms with Gasteiger partial charge in [-0.25, -0.2) is 0 Å². The summed E-state index contributed by atoms with van der Waals surface area (Å²) in [5, 5.41) is 68.1. The number of carbonyl (C=O) groups excluding carboxylic acids is 3. The summed E-state index contributed by atoms with van der Waals surface area (Å²) < 4.78 is 23.8. The molecule has 2 aromatic rings. The van der Waals surface area contributed by atoms with E-state index in [4.69, 9.17) is 24.0 Å². The molecule has 65 heavy (non-hydrogen) atoms. The highest BCUT2D eigenvalue weighted by Crippen LogP contribution is 2.55. The molecule has 358 valence electrons. The highest BCUT2D eigenvalue weighted by molar-refractivity contribution is 6.23. The third-order valence-corrected chi connectivity index (χ3v) is 13.5. The smallest absolute Gasteiger partial charge is 0.312 e. The van der Waals surface area contributed by atoms with Gasteiger partial charge in [0.1, 0.15) is 23.4 Å². The van der Waals surface area contributed by atoms with Crippen molar-refractivity contribution in [2.24, 2.45) is 28.8 Å². The minimum Gasteiger partial charge on any atom is -0.507 e. The fourth-order valence-electron chi connectivity index (χ4n) is 9.24. The third kappa shape index (κ3) is 11.5. The quantitative estimate of drug-likeness (QED) is 0.0738. The van der Waals surface area contributed by atoms with Crippen LogP contribution in [0.25, 0.3) is 10.8 Å². The number of anilines is 1. The standard InChI is InChI=1S/C50H71N3O12/c1-28-21-20-22-29(2)49(61)52-40-35(27-51-53-24-18-16-14-12-10-11-13-15-17-19-25-53)44(58)37-38(45(40)59)43(57)33(6)47-39(37)48(60)50(8,65-47)63-26-23-36(62-9)30(3)46(64-34(7)54)32(5)42(56)31(4)41(28)55/h20-23,26-28,30-32,36,41-42,46,55-59H,10-19,24-25H2,1-9H3,(H,52,61)/t28-,30+,31-,32-,36+,41-,42-,46+,50-/m0/s1. The molecule has 4 heterocycles. The Hall–Kier alpha value is -5.12. The Morgan fingerprint density at radius 2 is 1.45 bits per heavy atom. The predicted octanol–water partition coefficient (Wildman–Crippen LogP) is 8.30. The SMILES string of the molecule is CO[C@@H]1C=CO[C@@]2(C)Oc3c(C)c(O)c4c(O)c(c(C=NN5CCCCCCCCCCCC5)c(O)c4c3C2=O)NC(=O)C(C)=CC=C[C@H](C)[C@H](O)[C@H](C)[C@H](O)[C@H](C)[C@H](OC(C)=O)[C@@H]1C. The number of fused-ring (bicyclic) bond motifs is 14. The molecule has 4 aliphatic heterocycles. The summed E-state index contributed by atoms with van der Waals surface area (Å²) >= 11 is 0. The first-order valence-electron chi connectivity index (χ1n) is 23.2. The molecule has 0 unspecified atom stereocenters. The van der Waals surface area contributed by atoms with Crippen LogP contribution in [-0.2, 0) is 23.8 Å². The first kappa shape index (κ1) is 50.9. The van der Waals surface area contributed by atoms with Crippen LogP contribution in [0.15, 0.2) is 41.2 Å². The highest BCUT2D eigenvalue weighted by Gasteiger charge is 2.50. The van der Waals surface area contributed by atoms with Crippen LogP contribution in [0.4, 0.5) is 5.69 Å². The predicted molar refractivity (Wildman–Crippen MR) is 249 cm³/mol. The summed E-state index contributed by atoms with van der Waals surface area (Å²) in [5.41, 5.74) is -0.252. The molecule has 0 spiro atoms. The maximum absolute atomic E-state index is 14.6. The lowest BCUT2D eigenvalue weighted by molar-refractivity contribution is -0.160. The van der Waals surface area contributed by atoms with Crippen molar-refractivity contribution in [2.75, 3.05) is 25.5 Å². The summed E-state index contributed by atoms with van der Waals surface area (Å²) in [4.78, 5) is 41.0. The van der Waals surface area contributed by atoms with Gasteiger partial charge >= 0.3 is 11.8 Å². The van der Waals surface area contributed by atoms with Crippen molar-refractivity contribution >= 4 is 40.3 Å². The zero-order valence-corrected chi connectivity index (χ0v) is 39.6. The maximum atomic E-state index is 14.6. The normalized spacial score (nSPS) is 29.4. The number of hydrogen-bond donors (Lipinski definition) is 6. The number of Topliss-reactive ketones (excluding diaryl/α,β-unsaturated/α-hetero) is 1. The zero-order valence-electron chi connectivity index (χ0n) is 39.6. The van der Waals surface area contributed by atoms with Crippen LogP contribution >= 0.6 is 0 Å². The van der Waals surface area contributed by atoms with Gasteiger partial charge in [-0.15, -0.1) is 0 Å². The molecule has 6 N–H and O–H groups in total. The summed E-state index contributed by atoms with van der Waals surface area (Å²) in [6.07, 6.45) is 16.0. The molecule has 6 rings (SSSR count). The molecule has 1 fully saturated rings. The van der Waals surface area contributed by atoms with Gasteiger partial charge in [0.25, 0.3) is 11.7 Å². The molecule has 9 atom stereocenters.